The molecule has 0 saturated carbocycles. The monoisotopic (exact) mass is 568 g/mol. The van der Waals surface area contributed by atoms with Crippen LogP contribution in [0, 0.1) is 0 Å². The van der Waals surface area contributed by atoms with E-state index in [0.29, 0.717) is 29.0 Å². The molecule has 0 bridgehead atoms. The van der Waals surface area contributed by atoms with E-state index in [4.69, 9.17) is 15.7 Å². The van der Waals surface area contributed by atoms with Gasteiger partial charge in [-0.15, -0.1) is 0 Å². The molecule has 1 amide bonds. The third kappa shape index (κ3) is 5.56. The lowest BCUT2D eigenvalue weighted by Crippen LogP contribution is -2.28. The molecule has 3 aromatic carbocycles. The number of pyridine rings is 2. The lowest BCUT2D eigenvalue weighted by Gasteiger charge is -2.16. The second kappa shape index (κ2) is 11.6. The van der Waals surface area contributed by atoms with Gasteiger partial charge >= 0.3 is 0 Å². The standard InChI is InChI=1S/C34H28N6O3/c1-21(37-32(43)18-22-7-14-31(42)25(17-22)20-41)23-8-10-26(11-9-23)40-33(27-15-16-36-19-28(27)35)39-30-13-12-29(38-34(30)40)24-5-3-2-4-6-24/h2-17,19-21,42H,18,35H2,1H3,(H,37,43). The Morgan fingerprint density at radius 2 is 1.79 bits per heavy atom. The topological polar surface area (TPSA) is 136 Å². The molecular weight excluding hydrogens is 540 g/mol. The maximum atomic E-state index is 12.8. The summed E-state index contributed by atoms with van der Waals surface area (Å²) in [6.07, 6.45) is 3.93. The number of imidazole rings is 1. The predicted octanol–water partition coefficient (Wildman–Crippen LogP) is 5.67. The SMILES string of the molecule is CC(NC(=O)Cc1ccc(O)c(C=O)c1)c1ccc(-n2c(-c3ccncc3N)nc3ccc(-c4ccccc4)nc32)cc1. The molecule has 6 rings (SSSR count). The van der Waals surface area contributed by atoms with Crippen molar-refractivity contribution in [3.05, 3.63) is 120 Å². The molecule has 1 atom stereocenters. The number of carbonyl (C=O) groups is 2. The van der Waals surface area contributed by atoms with Gasteiger partial charge in [0.05, 0.1) is 35.6 Å². The summed E-state index contributed by atoms with van der Waals surface area (Å²) in [6.45, 7) is 1.91. The lowest BCUT2D eigenvalue weighted by molar-refractivity contribution is -0.121. The Labute approximate surface area is 247 Å². The average Bonchev–Trinajstić information content (AvgIpc) is 3.41. The first-order valence-corrected chi connectivity index (χ1v) is 13.7. The number of anilines is 1. The maximum Gasteiger partial charge on any atom is 0.224 e. The number of aldehydes is 1. The zero-order chi connectivity index (χ0) is 29.9. The van der Waals surface area contributed by atoms with Crippen molar-refractivity contribution >= 4 is 29.0 Å². The van der Waals surface area contributed by atoms with Gasteiger partial charge in [0.2, 0.25) is 5.91 Å². The third-order valence-corrected chi connectivity index (χ3v) is 7.28. The average molecular weight is 569 g/mol. The number of aromatic hydroxyl groups is 1. The molecule has 0 aliphatic carbocycles. The normalized spacial score (nSPS) is 11.7. The molecule has 0 radical (unpaired) electrons. The summed E-state index contributed by atoms with van der Waals surface area (Å²) in [5, 5.41) is 12.7. The number of phenols is 1. The van der Waals surface area contributed by atoms with Gasteiger partial charge in [0.25, 0.3) is 0 Å². The number of nitrogens with zero attached hydrogens (tertiary/aromatic N) is 4. The fourth-order valence-corrected chi connectivity index (χ4v) is 5.04. The van der Waals surface area contributed by atoms with Crippen molar-refractivity contribution in [2.24, 2.45) is 0 Å². The summed E-state index contributed by atoms with van der Waals surface area (Å²) in [6, 6.07) is 27.8. The summed E-state index contributed by atoms with van der Waals surface area (Å²) >= 11 is 0. The second-order valence-electron chi connectivity index (χ2n) is 10.2. The second-order valence-corrected chi connectivity index (χ2v) is 10.2. The van der Waals surface area contributed by atoms with Gasteiger partial charge in [-0.25, -0.2) is 9.97 Å². The minimum Gasteiger partial charge on any atom is -0.507 e. The molecule has 43 heavy (non-hydrogen) atoms. The number of aromatic nitrogens is 4. The first-order chi connectivity index (χ1) is 20.9. The summed E-state index contributed by atoms with van der Waals surface area (Å²) < 4.78 is 1.98. The van der Waals surface area contributed by atoms with Crippen LogP contribution in [0.2, 0.25) is 0 Å². The molecule has 0 saturated heterocycles. The fourth-order valence-electron chi connectivity index (χ4n) is 5.04. The van der Waals surface area contributed by atoms with E-state index in [2.05, 4.69) is 10.3 Å². The van der Waals surface area contributed by atoms with Gasteiger partial charge in [0, 0.05) is 23.0 Å². The van der Waals surface area contributed by atoms with E-state index in [9.17, 15) is 14.7 Å². The Bertz CT molecular complexity index is 1950. The minimum absolute atomic E-state index is 0.0801. The molecule has 0 aliphatic heterocycles. The van der Waals surface area contributed by atoms with Gasteiger partial charge in [0.15, 0.2) is 11.9 Å². The van der Waals surface area contributed by atoms with Crippen molar-refractivity contribution in [3.8, 4) is 34.1 Å². The van der Waals surface area contributed by atoms with Gasteiger partial charge in [-0.3, -0.25) is 19.1 Å². The maximum absolute atomic E-state index is 12.8. The Hall–Kier alpha value is -5.83. The number of nitrogens with two attached hydrogens (primary N) is 1. The zero-order valence-electron chi connectivity index (χ0n) is 23.3. The number of fused-ring (bicyclic) bond motifs is 1. The largest absolute Gasteiger partial charge is 0.507 e. The number of amides is 1. The van der Waals surface area contributed by atoms with Crippen LogP contribution < -0.4 is 11.1 Å². The molecule has 0 fully saturated rings. The van der Waals surface area contributed by atoms with Crippen molar-refractivity contribution in [1.82, 2.24) is 24.8 Å². The molecule has 212 valence electrons. The van der Waals surface area contributed by atoms with E-state index in [1.54, 1.807) is 18.5 Å². The first kappa shape index (κ1) is 27.3. The number of carbonyl (C=O) groups excluding carboxylic acids is 2. The number of hydrogen-bond donors (Lipinski definition) is 3. The highest BCUT2D eigenvalue weighted by molar-refractivity contribution is 5.85. The number of rotatable bonds is 8. The molecule has 9 nitrogen and oxygen atoms in total. The summed E-state index contributed by atoms with van der Waals surface area (Å²) in [7, 11) is 0. The lowest BCUT2D eigenvalue weighted by atomic mass is 10.1. The van der Waals surface area contributed by atoms with Crippen molar-refractivity contribution in [3.63, 3.8) is 0 Å². The van der Waals surface area contributed by atoms with Crippen LogP contribution in [0.25, 0.3) is 39.5 Å². The van der Waals surface area contributed by atoms with Crippen LogP contribution in [0.3, 0.4) is 0 Å². The Morgan fingerprint density at radius 1 is 1.00 bits per heavy atom. The molecule has 9 heteroatoms. The molecule has 4 N–H and O–H groups in total. The van der Waals surface area contributed by atoms with Gasteiger partial charge in [-0.1, -0.05) is 48.5 Å². The molecule has 3 heterocycles. The number of nitrogens with one attached hydrogen (secondary N) is 1. The Kier molecular flexibility index (Phi) is 7.36. The van der Waals surface area contributed by atoms with Gasteiger partial charge in [0.1, 0.15) is 17.1 Å². The van der Waals surface area contributed by atoms with Crippen LogP contribution >= 0.6 is 0 Å². The van der Waals surface area contributed by atoms with Crippen molar-refractivity contribution in [2.45, 2.75) is 19.4 Å². The van der Waals surface area contributed by atoms with Crippen LogP contribution in [0.4, 0.5) is 5.69 Å². The van der Waals surface area contributed by atoms with Crippen LogP contribution in [-0.2, 0) is 11.2 Å². The number of nitrogen functional groups attached to an aromatic ring is 1. The van der Waals surface area contributed by atoms with Crippen molar-refractivity contribution in [1.29, 1.82) is 0 Å². The van der Waals surface area contributed by atoms with E-state index in [1.165, 1.54) is 12.1 Å². The van der Waals surface area contributed by atoms with E-state index < -0.39 is 0 Å². The number of benzene rings is 3. The van der Waals surface area contributed by atoms with E-state index in [-0.39, 0.29) is 29.7 Å². The van der Waals surface area contributed by atoms with Crippen molar-refractivity contribution in [2.75, 3.05) is 5.73 Å². The van der Waals surface area contributed by atoms with Crippen molar-refractivity contribution < 1.29 is 14.7 Å². The van der Waals surface area contributed by atoms with Crippen LogP contribution in [-0.4, -0.2) is 36.8 Å². The minimum atomic E-state index is -0.276. The highest BCUT2D eigenvalue weighted by Gasteiger charge is 2.19. The smallest absolute Gasteiger partial charge is 0.224 e. The van der Waals surface area contributed by atoms with Crippen LogP contribution in [0.5, 0.6) is 5.75 Å². The Balaban J connectivity index is 1.32. The molecule has 0 spiro atoms. The van der Waals surface area contributed by atoms with Gasteiger partial charge in [-0.05, 0) is 60.5 Å². The predicted molar refractivity (Wildman–Crippen MR) is 166 cm³/mol. The highest BCUT2D eigenvalue weighted by Crippen LogP contribution is 2.32. The van der Waals surface area contributed by atoms with Gasteiger partial charge < -0.3 is 16.2 Å². The highest BCUT2D eigenvalue weighted by atomic mass is 16.3. The quantitative estimate of drug-likeness (QED) is 0.201. The van der Waals surface area contributed by atoms with E-state index >= 15 is 0 Å². The van der Waals surface area contributed by atoms with Gasteiger partial charge in [-0.2, -0.15) is 0 Å². The molecule has 0 aliphatic rings. The van der Waals surface area contributed by atoms with E-state index in [0.717, 1.165) is 33.6 Å². The van der Waals surface area contributed by atoms with Crippen LogP contribution in [0.15, 0.2) is 103 Å². The summed E-state index contributed by atoms with van der Waals surface area (Å²) in [4.78, 5) is 37.9. The first-order valence-electron chi connectivity index (χ1n) is 13.7. The summed E-state index contributed by atoms with van der Waals surface area (Å²) in [5.74, 6) is 0.331. The molecule has 1 unspecified atom stereocenters. The zero-order valence-corrected chi connectivity index (χ0v) is 23.3. The fraction of sp³-hybridized carbons (Fsp3) is 0.0882. The number of hydrogen-bond acceptors (Lipinski definition) is 7. The Morgan fingerprint density at radius 3 is 2.53 bits per heavy atom. The molecule has 3 aromatic heterocycles. The number of phenolic OH excluding ortho intramolecular Hbond substituents is 1. The summed E-state index contributed by atoms with van der Waals surface area (Å²) in [5.41, 5.74) is 13.3. The third-order valence-electron chi connectivity index (χ3n) is 7.28. The molecular formula is C34H28N6O3. The van der Waals surface area contributed by atoms with Crippen LogP contribution in [0.1, 0.15) is 34.5 Å². The van der Waals surface area contributed by atoms with E-state index in [1.807, 2.05) is 84.3 Å². The molecule has 6 aromatic rings.